The summed E-state index contributed by atoms with van der Waals surface area (Å²) >= 11 is 0. The summed E-state index contributed by atoms with van der Waals surface area (Å²) in [5, 5.41) is 2.73. The van der Waals surface area contributed by atoms with Crippen molar-refractivity contribution >= 4 is 11.9 Å². The molecule has 2 aromatic carbocycles. The van der Waals surface area contributed by atoms with Gasteiger partial charge in [0.25, 0.3) is 5.91 Å². The van der Waals surface area contributed by atoms with Crippen molar-refractivity contribution in [3.63, 3.8) is 0 Å². The second-order valence-electron chi connectivity index (χ2n) is 6.42. The van der Waals surface area contributed by atoms with E-state index in [-0.39, 0.29) is 11.6 Å². The van der Waals surface area contributed by atoms with Gasteiger partial charge in [0.15, 0.2) is 6.10 Å². The van der Waals surface area contributed by atoms with Gasteiger partial charge in [0.2, 0.25) is 5.76 Å². The molecule has 6 heteroatoms. The summed E-state index contributed by atoms with van der Waals surface area (Å²) in [7, 11) is 0. The van der Waals surface area contributed by atoms with Gasteiger partial charge in [-0.05, 0) is 55.8 Å². The number of ether oxygens (including phenoxy) is 1. The van der Waals surface area contributed by atoms with Crippen molar-refractivity contribution in [1.29, 1.82) is 0 Å². The highest BCUT2D eigenvalue weighted by Crippen LogP contribution is 2.23. The third-order valence-electron chi connectivity index (χ3n) is 4.18. The molecule has 0 aliphatic heterocycles. The fraction of sp³-hybridized carbons (Fsp3) is 0.182. The molecular formula is C22H20FNO4. The van der Waals surface area contributed by atoms with Crippen molar-refractivity contribution in [3.8, 4) is 11.3 Å². The summed E-state index contributed by atoms with van der Waals surface area (Å²) in [6.07, 6.45) is -0.975. The Hall–Kier alpha value is -3.41. The van der Waals surface area contributed by atoms with Crippen molar-refractivity contribution in [2.75, 3.05) is 0 Å². The van der Waals surface area contributed by atoms with E-state index in [1.165, 1.54) is 25.1 Å². The van der Waals surface area contributed by atoms with Gasteiger partial charge in [-0.1, -0.05) is 29.8 Å². The fourth-order valence-corrected chi connectivity index (χ4v) is 2.53. The van der Waals surface area contributed by atoms with E-state index in [9.17, 15) is 14.0 Å². The van der Waals surface area contributed by atoms with Gasteiger partial charge in [-0.2, -0.15) is 0 Å². The van der Waals surface area contributed by atoms with E-state index in [0.29, 0.717) is 17.9 Å². The second-order valence-corrected chi connectivity index (χ2v) is 6.42. The maximum absolute atomic E-state index is 13.0. The SMILES string of the molecule is Cc1ccc(CNC(=O)[C@H](C)OC(=O)c2ccc(-c3ccc(F)cc3)o2)cc1. The minimum Gasteiger partial charge on any atom is -0.449 e. The zero-order chi connectivity index (χ0) is 20.1. The lowest BCUT2D eigenvalue weighted by atomic mass is 10.1. The number of halogens is 1. The van der Waals surface area contributed by atoms with Crippen LogP contribution in [0.2, 0.25) is 0 Å². The van der Waals surface area contributed by atoms with E-state index in [1.807, 2.05) is 31.2 Å². The lowest BCUT2D eigenvalue weighted by Gasteiger charge is -2.13. The van der Waals surface area contributed by atoms with Crippen LogP contribution in [0.5, 0.6) is 0 Å². The molecule has 0 fully saturated rings. The standard InChI is InChI=1S/C22H20FNO4/c1-14-3-5-16(6-4-14)13-24-21(25)15(2)27-22(26)20-12-11-19(28-20)17-7-9-18(23)10-8-17/h3-12,15H,13H2,1-2H3,(H,24,25)/t15-/m0/s1. The molecule has 0 aliphatic carbocycles. The molecule has 0 unspecified atom stereocenters. The maximum Gasteiger partial charge on any atom is 0.375 e. The number of benzene rings is 2. The number of carbonyl (C=O) groups is 2. The Labute approximate surface area is 162 Å². The number of nitrogens with one attached hydrogen (secondary N) is 1. The predicted octanol–water partition coefficient (Wildman–Crippen LogP) is 4.26. The van der Waals surface area contributed by atoms with Crippen LogP contribution in [0.25, 0.3) is 11.3 Å². The van der Waals surface area contributed by atoms with Crippen LogP contribution in [-0.2, 0) is 16.1 Å². The van der Waals surface area contributed by atoms with Gasteiger partial charge in [-0.25, -0.2) is 9.18 Å². The first-order valence-electron chi connectivity index (χ1n) is 8.82. The molecule has 1 amide bonds. The summed E-state index contributed by atoms with van der Waals surface area (Å²) in [4.78, 5) is 24.4. The van der Waals surface area contributed by atoms with E-state index in [4.69, 9.17) is 9.15 Å². The number of hydrogen-bond donors (Lipinski definition) is 1. The topological polar surface area (TPSA) is 68.5 Å². The number of aryl methyl sites for hydroxylation is 1. The van der Waals surface area contributed by atoms with Gasteiger partial charge in [-0.3, -0.25) is 4.79 Å². The Morgan fingerprint density at radius 1 is 1.04 bits per heavy atom. The molecule has 0 saturated carbocycles. The molecule has 0 saturated heterocycles. The number of furan rings is 1. The molecular weight excluding hydrogens is 361 g/mol. The Balaban J connectivity index is 1.55. The highest BCUT2D eigenvalue weighted by Gasteiger charge is 2.21. The highest BCUT2D eigenvalue weighted by molar-refractivity contribution is 5.90. The molecule has 0 bridgehead atoms. The number of rotatable bonds is 6. The molecule has 144 valence electrons. The van der Waals surface area contributed by atoms with E-state index in [2.05, 4.69) is 5.32 Å². The Morgan fingerprint density at radius 2 is 1.71 bits per heavy atom. The van der Waals surface area contributed by atoms with Crippen LogP contribution < -0.4 is 5.32 Å². The van der Waals surface area contributed by atoms with Gasteiger partial charge in [0.1, 0.15) is 11.6 Å². The second kappa shape index (κ2) is 8.52. The first-order chi connectivity index (χ1) is 13.4. The lowest BCUT2D eigenvalue weighted by molar-refractivity contribution is -0.129. The van der Waals surface area contributed by atoms with E-state index in [0.717, 1.165) is 11.1 Å². The lowest BCUT2D eigenvalue weighted by Crippen LogP contribution is -2.35. The molecule has 3 rings (SSSR count). The number of esters is 1. The van der Waals surface area contributed by atoms with Crippen molar-refractivity contribution in [2.45, 2.75) is 26.5 Å². The summed E-state index contributed by atoms with van der Waals surface area (Å²) in [5.74, 6) is -1.13. The van der Waals surface area contributed by atoms with Crippen LogP contribution in [0.3, 0.4) is 0 Å². The third-order valence-corrected chi connectivity index (χ3v) is 4.18. The Bertz CT molecular complexity index is 961. The van der Waals surface area contributed by atoms with Gasteiger partial charge in [0.05, 0.1) is 0 Å². The third kappa shape index (κ3) is 4.85. The first-order valence-corrected chi connectivity index (χ1v) is 8.82. The minimum atomic E-state index is -0.975. The summed E-state index contributed by atoms with van der Waals surface area (Å²) < 4.78 is 23.6. The molecule has 28 heavy (non-hydrogen) atoms. The molecule has 0 spiro atoms. The minimum absolute atomic E-state index is 0.0301. The van der Waals surface area contributed by atoms with Crippen molar-refractivity contribution in [1.82, 2.24) is 5.32 Å². The number of amides is 1. The summed E-state index contributed by atoms with van der Waals surface area (Å²) in [6.45, 7) is 3.82. The zero-order valence-electron chi connectivity index (χ0n) is 15.6. The molecule has 5 nitrogen and oxygen atoms in total. The summed E-state index contributed by atoms with van der Waals surface area (Å²) in [5.41, 5.74) is 2.72. The Morgan fingerprint density at radius 3 is 2.39 bits per heavy atom. The zero-order valence-corrected chi connectivity index (χ0v) is 15.6. The number of hydrogen-bond acceptors (Lipinski definition) is 4. The molecule has 0 radical (unpaired) electrons. The van der Waals surface area contributed by atoms with Crippen LogP contribution >= 0.6 is 0 Å². The van der Waals surface area contributed by atoms with Crippen molar-refractivity contribution in [2.24, 2.45) is 0 Å². The van der Waals surface area contributed by atoms with E-state index < -0.39 is 18.0 Å². The number of carbonyl (C=O) groups excluding carboxylic acids is 2. The average molecular weight is 381 g/mol. The maximum atomic E-state index is 13.0. The normalized spacial score (nSPS) is 11.7. The quantitative estimate of drug-likeness (QED) is 0.648. The van der Waals surface area contributed by atoms with Crippen LogP contribution in [0, 0.1) is 12.7 Å². The Kier molecular flexibility index (Phi) is 5.89. The van der Waals surface area contributed by atoms with Crippen LogP contribution in [0.1, 0.15) is 28.6 Å². The average Bonchev–Trinajstić information content (AvgIpc) is 3.18. The molecule has 1 aromatic heterocycles. The van der Waals surface area contributed by atoms with Crippen LogP contribution in [-0.4, -0.2) is 18.0 Å². The van der Waals surface area contributed by atoms with Crippen LogP contribution in [0.15, 0.2) is 65.1 Å². The molecule has 1 heterocycles. The van der Waals surface area contributed by atoms with Crippen LogP contribution in [0.4, 0.5) is 4.39 Å². The monoisotopic (exact) mass is 381 g/mol. The highest BCUT2D eigenvalue weighted by atomic mass is 19.1. The fourth-order valence-electron chi connectivity index (χ4n) is 2.53. The molecule has 3 aromatic rings. The predicted molar refractivity (Wildman–Crippen MR) is 102 cm³/mol. The molecule has 0 aliphatic rings. The van der Waals surface area contributed by atoms with Gasteiger partial charge < -0.3 is 14.5 Å². The van der Waals surface area contributed by atoms with E-state index >= 15 is 0 Å². The van der Waals surface area contributed by atoms with Gasteiger partial charge in [-0.15, -0.1) is 0 Å². The van der Waals surface area contributed by atoms with Crippen molar-refractivity contribution < 1.29 is 23.1 Å². The summed E-state index contributed by atoms with van der Waals surface area (Å²) in [6, 6.07) is 16.5. The molecule has 1 N–H and O–H groups in total. The van der Waals surface area contributed by atoms with Crippen molar-refractivity contribution in [3.05, 3.63) is 83.4 Å². The van der Waals surface area contributed by atoms with Gasteiger partial charge >= 0.3 is 5.97 Å². The van der Waals surface area contributed by atoms with E-state index in [1.54, 1.807) is 18.2 Å². The largest absolute Gasteiger partial charge is 0.449 e. The van der Waals surface area contributed by atoms with Gasteiger partial charge in [0, 0.05) is 12.1 Å². The smallest absolute Gasteiger partial charge is 0.375 e. The molecule has 1 atom stereocenters. The first kappa shape index (κ1) is 19.4.